The molecule has 1 heterocycles. The van der Waals surface area contributed by atoms with Crippen LogP contribution >= 0.6 is 11.6 Å². The number of benzene rings is 2. The van der Waals surface area contributed by atoms with E-state index in [-0.39, 0.29) is 16.1 Å². The van der Waals surface area contributed by atoms with Gasteiger partial charge in [-0.05, 0) is 31.0 Å². The lowest BCUT2D eigenvalue weighted by molar-refractivity contribution is -0.366. The maximum atomic E-state index is 10.5. The first-order chi connectivity index (χ1) is 17.0. The molecule has 0 aromatic heterocycles. The molecule has 0 amide bonds. The Kier molecular flexibility index (Phi) is 8.05. The Balaban J connectivity index is 2.00. The number of hydrogen-bond acceptors (Lipinski definition) is 13. The zero-order valence-corrected chi connectivity index (χ0v) is 20.4. The second-order valence-electron chi connectivity index (χ2n) is 9.25. The summed E-state index contributed by atoms with van der Waals surface area (Å²) in [6, 6.07) is 4.17. The molecule has 3 rings (SSSR count). The van der Waals surface area contributed by atoms with Gasteiger partial charge in [0.25, 0.3) is 0 Å². The largest absolute Gasteiger partial charge is 0.504 e. The minimum atomic E-state index is -3.36. The zero-order chi connectivity index (χ0) is 28.0. The van der Waals surface area contributed by atoms with E-state index >= 15 is 0 Å². The Morgan fingerprint density at radius 1 is 0.892 bits per heavy atom. The molecule has 5 unspecified atom stereocenters. The molecule has 2 aromatic carbocycles. The molecule has 11 N–H and O–H groups in total. The summed E-state index contributed by atoms with van der Waals surface area (Å²) in [7, 11) is 0. The van der Waals surface area contributed by atoms with Crippen LogP contribution in [-0.2, 0) is 11.2 Å². The first-order valence-corrected chi connectivity index (χ1v) is 11.3. The van der Waals surface area contributed by atoms with E-state index in [2.05, 4.69) is 4.74 Å². The standard InChI is InChI=1S/C23H29ClO13/c1-22(2,33)23(34,35)37-21-17(30)13(26)10(14(27)18(21)31)6-9-5-8(3-4-11(9)24)20-19(32)16(29)15(28)12(7-25)36-20/h3-5,12,15-16,19-20,25-35H,6-7H2,1-2H3. The van der Waals surface area contributed by atoms with Gasteiger partial charge in [-0.3, -0.25) is 0 Å². The van der Waals surface area contributed by atoms with Crippen molar-refractivity contribution in [2.45, 2.75) is 62.4 Å². The van der Waals surface area contributed by atoms with Gasteiger partial charge in [0.1, 0.15) is 30.5 Å². The number of hydrogen-bond donors (Lipinski definition) is 11. The first-order valence-electron chi connectivity index (χ1n) is 11.0. The second-order valence-corrected chi connectivity index (χ2v) is 9.66. The number of phenols is 4. The van der Waals surface area contributed by atoms with E-state index in [4.69, 9.17) is 16.3 Å². The fourth-order valence-electron chi connectivity index (χ4n) is 3.73. The molecule has 1 fully saturated rings. The van der Waals surface area contributed by atoms with Crippen molar-refractivity contribution in [3.63, 3.8) is 0 Å². The molecule has 37 heavy (non-hydrogen) atoms. The van der Waals surface area contributed by atoms with E-state index in [1.165, 1.54) is 18.2 Å². The second kappa shape index (κ2) is 10.3. The molecule has 0 saturated carbocycles. The van der Waals surface area contributed by atoms with Crippen LogP contribution in [-0.4, -0.2) is 98.8 Å². The molecule has 5 atom stereocenters. The SMILES string of the molecule is CC(C)(O)C(O)(O)Oc1c(O)c(O)c(Cc2cc(C3OC(CO)C(O)C(O)C3O)ccc2Cl)c(O)c1O. The predicted molar refractivity (Wildman–Crippen MR) is 124 cm³/mol. The third-order valence-corrected chi connectivity index (χ3v) is 6.52. The zero-order valence-electron chi connectivity index (χ0n) is 19.6. The van der Waals surface area contributed by atoms with Crippen LogP contribution in [0.4, 0.5) is 0 Å². The Bertz CT molecular complexity index is 1120. The van der Waals surface area contributed by atoms with E-state index in [1.54, 1.807) is 0 Å². The van der Waals surface area contributed by atoms with Crippen molar-refractivity contribution < 1.29 is 65.6 Å². The highest BCUT2D eigenvalue weighted by Crippen LogP contribution is 2.53. The van der Waals surface area contributed by atoms with E-state index in [1.807, 2.05) is 0 Å². The van der Waals surface area contributed by atoms with Crippen LogP contribution in [0.5, 0.6) is 28.7 Å². The lowest BCUT2D eigenvalue weighted by Gasteiger charge is -2.40. The van der Waals surface area contributed by atoms with Crippen molar-refractivity contribution in [3.05, 3.63) is 39.9 Å². The van der Waals surface area contributed by atoms with Gasteiger partial charge < -0.3 is 65.6 Å². The summed E-state index contributed by atoms with van der Waals surface area (Å²) < 4.78 is 10.2. The molecule has 0 radical (unpaired) electrons. The van der Waals surface area contributed by atoms with Crippen molar-refractivity contribution >= 4 is 11.6 Å². The number of rotatable bonds is 7. The van der Waals surface area contributed by atoms with E-state index in [9.17, 15) is 56.2 Å². The number of aliphatic hydroxyl groups is 7. The molecule has 2 aromatic rings. The van der Waals surface area contributed by atoms with Gasteiger partial charge >= 0.3 is 5.97 Å². The highest BCUT2D eigenvalue weighted by Gasteiger charge is 2.46. The third-order valence-electron chi connectivity index (χ3n) is 6.15. The van der Waals surface area contributed by atoms with Gasteiger partial charge in [-0.2, -0.15) is 0 Å². The van der Waals surface area contributed by atoms with Gasteiger partial charge in [-0.25, -0.2) is 0 Å². The van der Waals surface area contributed by atoms with E-state index < -0.39 is 89.4 Å². The Morgan fingerprint density at radius 3 is 1.97 bits per heavy atom. The average molecular weight is 549 g/mol. The predicted octanol–water partition coefficient (Wildman–Crippen LogP) is -0.944. The summed E-state index contributed by atoms with van der Waals surface area (Å²) in [4.78, 5) is 0. The molecule has 14 heteroatoms. The lowest BCUT2D eigenvalue weighted by Crippen LogP contribution is -2.55. The van der Waals surface area contributed by atoms with Crippen molar-refractivity contribution in [2.24, 2.45) is 0 Å². The van der Waals surface area contributed by atoms with Crippen LogP contribution in [0.3, 0.4) is 0 Å². The Labute approximate surface area is 215 Å². The number of halogens is 1. The minimum absolute atomic E-state index is 0.0817. The van der Waals surface area contributed by atoms with Gasteiger partial charge in [0.05, 0.1) is 6.61 Å². The monoisotopic (exact) mass is 548 g/mol. The van der Waals surface area contributed by atoms with Gasteiger partial charge in [-0.15, -0.1) is 0 Å². The molecule has 1 aliphatic rings. The van der Waals surface area contributed by atoms with E-state index in [0.717, 1.165) is 13.8 Å². The fourth-order valence-corrected chi connectivity index (χ4v) is 3.92. The lowest BCUT2D eigenvalue weighted by atomic mass is 9.90. The summed E-state index contributed by atoms with van der Waals surface area (Å²) in [6.45, 7) is 1.24. The van der Waals surface area contributed by atoms with Gasteiger partial charge in [-0.1, -0.05) is 23.7 Å². The van der Waals surface area contributed by atoms with Gasteiger partial charge in [0.15, 0.2) is 17.1 Å². The quantitative estimate of drug-likeness (QED) is 0.114. The number of ether oxygens (including phenoxy) is 2. The molecule has 206 valence electrons. The van der Waals surface area contributed by atoms with Crippen LogP contribution in [0.25, 0.3) is 0 Å². The van der Waals surface area contributed by atoms with Crippen LogP contribution in [0, 0.1) is 0 Å². The third kappa shape index (κ3) is 5.36. The summed E-state index contributed by atoms with van der Waals surface area (Å²) in [6.07, 6.45) is -7.62. The summed E-state index contributed by atoms with van der Waals surface area (Å²) >= 11 is 6.24. The molecule has 0 aliphatic carbocycles. The summed E-state index contributed by atoms with van der Waals surface area (Å²) in [5.74, 6) is -8.92. The number of aromatic hydroxyl groups is 4. The van der Waals surface area contributed by atoms with E-state index in [0.29, 0.717) is 0 Å². The molecule has 0 bridgehead atoms. The number of phenolic OH excluding ortho intramolecular Hbond substituents is 4. The normalized spacial score (nSPS) is 24.8. The Morgan fingerprint density at radius 2 is 1.46 bits per heavy atom. The maximum absolute atomic E-state index is 10.5. The van der Waals surface area contributed by atoms with Crippen LogP contribution in [0.15, 0.2) is 18.2 Å². The van der Waals surface area contributed by atoms with Gasteiger partial charge in [0, 0.05) is 17.0 Å². The first kappa shape index (κ1) is 29.0. The van der Waals surface area contributed by atoms with Crippen LogP contribution in [0.1, 0.15) is 36.6 Å². The summed E-state index contributed by atoms with van der Waals surface area (Å²) in [5.41, 5.74) is -2.38. The highest BCUT2D eigenvalue weighted by molar-refractivity contribution is 6.31. The smallest absolute Gasteiger partial charge is 0.352 e. The van der Waals surface area contributed by atoms with Crippen molar-refractivity contribution in [2.75, 3.05) is 6.61 Å². The maximum Gasteiger partial charge on any atom is 0.352 e. The van der Waals surface area contributed by atoms with Crippen LogP contribution < -0.4 is 4.74 Å². The van der Waals surface area contributed by atoms with Crippen molar-refractivity contribution in [1.29, 1.82) is 0 Å². The van der Waals surface area contributed by atoms with Crippen molar-refractivity contribution in [1.82, 2.24) is 0 Å². The molecular weight excluding hydrogens is 520 g/mol. The highest BCUT2D eigenvalue weighted by atomic mass is 35.5. The van der Waals surface area contributed by atoms with Crippen molar-refractivity contribution in [3.8, 4) is 28.7 Å². The molecular formula is C23H29ClO13. The molecule has 13 nitrogen and oxygen atoms in total. The van der Waals surface area contributed by atoms with Crippen LogP contribution in [0.2, 0.25) is 5.02 Å². The molecule has 0 spiro atoms. The topological polar surface area (TPSA) is 241 Å². The summed E-state index contributed by atoms with van der Waals surface area (Å²) in [5, 5.41) is 111. The molecule has 1 aliphatic heterocycles. The average Bonchev–Trinajstić information content (AvgIpc) is 2.82. The Hall–Kier alpha value is -2.59. The minimum Gasteiger partial charge on any atom is -0.504 e. The molecule has 1 saturated heterocycles. The number of aliphatic hydroxyl groups excluding tert-OH is 4. The van der Waals surface area contributed by atoms with Gasteiger partial charge in [0.2, 0.25) is 17.2 Å². The fraction of sp³-hybridized carbons (Fsp3) is 0.478.